The van der Waals surface area contributed by atoms with Crippen LogP contribution >= 0.6 is 0 Å². The summed E-state index contributed by atoms with van der Waals surface area (Å²) < 4.78 is 7.82. The fraction of sp³-hybridized carbons (Fsp3) is 0.579. The van der Waals surface area contributed by atoms with Gasteiger partial charge in [-0.15, -0.1) is 0 Å². The zero-order chi connectivity index (χ0) is 17.8. The van der Waals surface area contributed by atoms with Gasteiger partial charge in [-0.05, 0) is 44.7 Å². The molecule has 1 aliphatic rings. The normalized spacial score (nSPS) is 16.8. The Balaban J connectivity index is 1.81. The Morgan fingerprint density at radius 1 is 1.44 bits per heavy atom. The fourth-order valence-electron chi connectivity index (χ4n) is 3.44. The topological polar surface area (TPSA) is 75.9 Å². The predicted molar refractivity (Wildman–Crippen MR) is 96.0 cm³/mol. The molecular weight excluding hydrogens is 318 g/mol. The first-order valence-electron chi connectivity index (χ1n) is 9.12. The van der Waals surface area contributed by atoms with Gasteiger partial charge in [0.25, 0.3) is 5.91 Å². The second-order valence-electron chi connectivity index (χ2n) is 6.98. The Bertz CT molecular complexity index is 735. The number of aliphatic hydroxyl groups is 1. The summed E-state index contributed by atoms with van der Waals surface area (Å²) in [4.78, 5) is 17.0. The van der Waals surface area contributed by atoms with Crippen molar-refractivity contribution < 1.29 is 14.6 Å². The standard InChI is InChI=1S/C19H27N3O3/c1-13(11-23)20-19(24)17-14(2)21-18-16(9-6-10-22(17)18)25-12-15-7-4-3-5-8-15/h6,9-10,13,15,23H,3-5,7-8,11-12H2,1-2H3,(H,20,24)/t13-/m1/s1. The maximum atomic E-state index is 12.5. The molecule has 0 saturated heterocycles. The molecule has 136 valence electrons. The highest BCUT2D eigenvalue weighted by Crippen LogP contribution is 2.27. The predicted octanol–water partition coefficient (Wildman–Crippen LogP) is 2.71. The minimum Gasteiger partial charge on any atom is -0.489 e. The molecule has 6 heteroatoms. The third-order valence-electron chi connectivity index (χ3n) is 4.85. The van der Waals surface area contributed by atoms with Gasteiger partial charge < -0.3 is 15.2 Å². The number of hydrogen-bond donors (Lipinski definition) is 2. The average Bonchev–Trinajstić information content (AvgIpc) is 2.97. The van der Waals surface area contributed by atoms with Gasteiger partial charge in [-0.2, -0.15) is 0 Å². The van der Waals surface area contributed by atoms with Crippen molar-refractivity contribution in [2.45, 2.75) is 52.0 Å². The lowest BCUT2D eigenvalue weighted by molar-refractivity contribution is 0.0915. The van der Waals surface area contributed by atoms with Gasteiger partial charge >= 0.3 is 0 Å². The number of aromatic nitrogens is 2. The number of aliphatic hydroxyl groups excluding tert-OH is 1. The molecule has 1 amide bonds. The second kappa shape index (κ2) is 7.87. The summed E-state index contributed by atoms with van der Waals surface area (Å²) >= 11 is 0. The van der Waals surface area contributed by atoms with Crippen LogP contribution in [-0.2, 0) is 0 Å². The van der Waals surface area contributed by atoms with Crippen molar-refractivity contribution in [1.29, 1.82) is 0 Å². The SMILES string of the molecule is Cc1nc2c(OCC3CCCCC3)cccn2c1C(=O)N[C@H](C)CO. The molecule has 2 aromatic heterocycles. The number of imidazole rings is 1. The molecule has 0 radical (unpaired) electrons. The summed E-state index contributed by atoms with van der Waals surface area (Å²) in [5.74, 6) is 1.08. The Morgan fingerprint density at radius 3 is 2.92 bits per heavy atom. The van der Waals surface area contributed by atoms with Gasteiger partial charge in [-0.1, -0.05) is 19.3 Å². The Hall–Kier alpha value is -2.08. The Kier molecular flexibility index (Phi) is 5.58. The van der Waals surface area contributed by atoms with E-state index in [2.05, 4.69) is 10.3 Å². The number of carbonyl (C=O) groups excluding carboxylic acids is 1. The van der Waals surface area contributed by atoms with Gasteiger partial charge in [-0.25, -0.2) is 4.98 Å². The third-order valence-corrected chi connectivity index (χ3v) is 4.85. The van der Waals surface area contributed by atoms with E-state index in [0.29, 0.717) is 35.3 Å². The number of pyridine rings is 1. The first-order chi connectivity index (χ1) is 12.1. The molecule has 2 N–H and O–H groups in total. The van der Waals surface area contributed by atoms with Crippen LogP contribution in [0.5, 0.6) is 5.75 Å². The van der Waals surface area contributed by atoms with Gasteiger partial charge in [0.15, 0.2) is 11.4 Å². The van der Waals surface area contributed by atoms with Crippen LogP contribution in [0.15, 0.2) is 18.3 Å². The van der Waals surface area contributed by atoms with Crippen LogP contribution < -0.4 is 10.1 Å². The number of hydrogen-bond acceptors (Lipinski definition) is 4. The first-order valence-corrected chi connectivity index (χ1v) is 9.12. The minimum atomic E-state index is -0.303. The van der Waals surface area contributed by atoms with Crippen LogP contribution in [0.4, 0.5) is 0 Å². The van der Waals surface area contributed by atoms with Crippen molar-refractivity contribution in [2.75, 3.05) is 13.2 Å². The zero-order valence-corrected chi connectivity index (χ0v) is 15.0. The second-order valence-corrected chi connectivity index (χ2v) is 6.98. The van der Waals surface area contributed by atoms with E-state index >= 15 is 0 Å². The number of rotatable bonds is 6. The molecule has 1 atom stereocenters. The maximum Gasteiger partial charge on any atom is 0.270 e. The van der Waals surface area contributed by atoms with E-state index in [9.17, 15) is 4.79 Å². The molecule has 0 unspecified atom stereocenters. The van der Waals surface area contributed by atoms with Crippen molar-refractivity contribution in [2.24, 2.45) is 5.92 Å². The van der Waals surface area contributed by atoms with E-state index in [4.69, 9.17) is 9.84 Å². The smallest absolute Gasteiger partial charge is 0.270 e. The van der Waals surface area contributed by atoms with E-state index in [0.717, 1.165) is 0 Å². The van der Waals surface area contributed by atoms with Crippen LogP contribution in [0, 0.1) is 12.8 Å². The third kappa shape index (κ3) is 3.95. The molecule has 2 heterocycles. The lowest BCUT2D eigenvalue weighted by atomic mass is 9.90. The average molecular weight is 345 g/mol. The minimum absolute atomic E-state index is 0.0999. The summed E-state index contributed by atoms with van der Waals surface area (Å²) in [6.45, 7) is 4.18. The monoisotopic (exact) mass is 345 g/mol. The number of amides is 1. The van der Waals surface area contributed by atoms with Crippen molar-refractivity contribution in [1.82, 2.24) is 14.7 Å². The molecule has 6 nitrogen and oxygen atoms in total. The highest BCUT2D eigenvalue weighted by Gasteiger charge is 2.21. The van der Waals surface area contributed by atoms with Crippen LogP contribution in [0.3, 0.4) is 0 Å². The van der Waals surface area contributed by atoms with Crippen LogP contribution in [0.2, 0.25) is 0 Å². The molecule has 25 heavy (non-hydrogen) atoms. The largest absolute Gasteiger partial charge is 0.489 e. The molecule has 0 aliphatic heterocycles. The number of nitrogens with zero attached hydrogens (tertiary/aromatic N) is 2. The quantitative estimate of drug-likeness (QED) is 0.844. The molecule has 0 spiro atoms. The summed E-state index contributed by atoms with van der Waals surface area (Å²) in [7, 11) is 0. The molecule has 1 aliphatic carbocycles. The first kappa shape index (κ1) is 17.7. The van der Waals surface area contributed by atoms with Crippen molar-refractivity contribution in [3.63, 3.8) is 0 Å². The molecular formula is C19H27N3O3. The van der Waals surface area contributed by atoms with Gasteiger partial charge in [0.05, 0.1) is 18.9 Å². The van der Waals surface area contributed by atoms with Gasteiger partial charge in [-0.3, -0.25) is 9.20 Å². The number of fused-ring (bicyclic) bond motifs is 1. The van der Waals surface area contributed by atoms with Gasteiger partial charge in [0, 0.05) is 12.2 Å². The van der Waals surface area contributed by atoms with Gasteiger partial charge in [0.1, 0.15) is 5.69 Å². The van der Waals surface area contributed by atoms with Crippen molar-refractivity contribution >= 4 is 11.6 Å². The Morgan fingerprint density at radius 2 is 2.20 bits per heavy atom. The number of nitrogens with one attached hydrogen (secondary N) is 1. The van der Waals surface area contributed by atoms with Gasteiger partial charge in [0.2, 0.25) is 0 Å². The van der Waals surface area contributed by atoms with E-state index in [1.165, 1.54) is 32.1 Å². The Labute approximate surface area is 148 Å². The molecule has 1 saturated carbocycles. The number of ether oxygens (including phenoxy) is 1. The fourth-order valence-corrected chi connectivity index (χ4v) is 3.44. The van der Waals surface area contributed by atoms with Crippen LogP contribution in [-0.4, -0.2) is 39.7 Å². The lowest BCUT2D eigenvalue weighted by Gasteiger charge is -2.21. The molecule has 0 aromatic carbocycles. The summed E-state index contributed by atoms with van der Waals surface area (Å²) in [5, 5.41) is 11.9. The maximum absolute atomic E-state index is 12.5. The van der Waals surface area contributed by atoms with Crippen molar-refractivity contribution in [3.05, 3.63) is 29.7 Å². The van der Waals surface area contributed by atoms with Crippen LogP contribution in [0.25, 0.3) is 5.65 Å². The van der Waals surface area contributed by atoms with E-state index in [-0.39, 0.29) is 18.6 Å². The lowest BCUT2D eigenvalue weighted by Crippen LogP contribution is -2.36. The highest BCUT2D eigenvalue weighted by atomic mass is 16.5. The molecule has 2 aromatic rings. The van der Waals surface area contributed by atoms with E-state index < -0.39 is 0 Å². The van der Waals surface area contributed by atoms with E-state index in [1.807, 2.05) is 25.3 Å². The summed E-state index contributed by atoms with van der Waals surface area (Å²) in [6.07, 6.45) is 8.17. The molecule has 1 fully saturated rings. The number of aryl methyl sites for hydroxylation is 1. The number of carbonyl (C=O) groups is 1. The van der Waals surface area contributed by atoms with Crippen molar-refractivity contribution in [3.8, 4) is 5.75 Å². The molecule has 0 bridgehead atoms. The zero-order valence-electron chi connectivity index (χ0n) is 15.0. The molecule has 3 rings (SSSR count). The highest BCUT2D eigenvalue weighted by molar-refractivity contribution is 5.95. The summed E-state index contributed by atoms with van der Waals surface area (Å²) in [5.41, 5.74) is 1.80. The van der Waals surface area contributed by atoms with Crippen LogP contribution in [0.1, 0.15) is 55.2 Å². The summed E-state index contributed by atoms with van der Waals surface area (Å²) in [6, 6.07) is 3.47. The van der Waals surface area contributed by atoms with E-state index in [1.54, 1.807) is 11.3 Å².